The highest BCUT2D eigenvalue weighted by molar-refractivity contribution is 5.85. The van der Waals surface area contributed by atoms with E-state index in [2.05, 4.69) is 4.90 Å². The van der Waals surface area contributed by atoms with E-state index in [9.17, 15) is 4.79 Å². The molecule has 0 atom stereocenters. The van der Waals surface area contributed by atoms with Crippen molar-refractivity contribution in [1.29, 1.82) is 0 Å². The molecule has 0 saturated carbocycles. The normalized spacial score (nSPS) is 14.9. The van der Waals surface area contributed by atoms with E-state index in [1.54, 1.807) is 14.0 Å². The minimum atomic E-state index is -0.269. The summed E-state index contributed by atoms with van der Waals surface area (Å²) in [6, 6.07) is 3.94. The predicted octanol–water partition coefficient (Wildman–Crippen LogP) is 2.60. The van der Waals surface area contributed by atoms with Gasteiger partial charge in [-0.2, -0.15) is 0 Å². The molecule has 0 aliphatic carbocycles. The molecular formula is C17H21NO4. The molecule has 1 aliphatic rings. The van der Waals surface area contributed by atoms with Crippen LogP contribution in [-0.4, -0.2) is 31.9 Å². The average Bonchev–Trinajstić information content (AvgIpc) is 2.53. The molecule has 0 bridgehead atoms. The van der Waals surface area contributed by atoms with Crippen LogP contribution in [-0.2, 0) is 11.3 Å². The van der Waals surface area contributed by atoms with Gasteiger partial charge in [0.2, 0.25) is 0 Å². The third-order valence-corrected chi connectivity index (χ3v) is 4.29. The number of ether oxygens (including phenoxy) is 2. The first kappa shape index (κ1) is 15.1. The van der Waals surface area contributed by atoms with Crippen molar-refractivity contribution in [1.82, 2.24) is 4.90 Å². The van der Waals surface area contributed by atoms with Crippen LogP contribution in [0, 0.1) is 13.8 Å². The number of hydrogen-bond acceptors (Lipinski definition) is 5. The highest BCUT2D eigenvalue weighted by Crippen LogP contribution is 2.33. The van der Waals surface area contributed by atoms with Crippen molar-refractivity contribution in [2.75, 3.05) is 27.0 Å². The summed E-state index contributed by atoms with van der Waals surface area (Å²) in [6.45, 7) is 6.65. The van der Waals surface area contributed by atoms with E-state index in [1.165, 1.54) is 0 Å². The largest absolute Gasteiger partial charge is 0.478 e. The summed E-state index contributed by atoms with van der Waals surface area (Å²) in [7, 11) is 1.70. The van der Waals surface area contributed by atoms with E-state index in [0.717, 1.165) is 48.4 Å². The number of rotatable bonds is 4. The molecule has 22 heavy (non-hydrogen) atoms. The lowest BCUT2D eigenvalue weighted by Crippen LogP contribution is -2.33. The highest BCUT2D eigenvalue weighted by Gasteiger charge is 2.22. The van der Waals surface area contributed by atoms with Gasteiger partial charge in [-0.1, -0.05) is 0 Å². The van der Waals surface area contributed by atoms with Gasteiger partial charge in [0, 0.05) is 37.8 Å². The molecule has 2 heterocycles. The van der Waals surface area contributed by atoms with Crippen LogP contribution in [0.4, 0.5) is 0 Å². The molecule has 1 aromatic carbocycles. The SMILES string of the molecule is COCCCN1COc2ccc3c(C)c(C)c(=O)oc3c2C1. The van der Waals surface area contributed by atoms with Crippen molar-refractivity contribution < 1.29 is 13.9 Å². The molecule has 0 fully saturated rings. The Morgan fingerprint density at radius 3 is 2.86 bits per heavy atom. The van der Waals surface area contributed by atoms with Crippen molar-refractivity contribution >= 4 is 11.0 Å². The topological polar surface area (TPSA) is 51.9 Å². The van der Waals surface area contributed by atoms with Gasteiger partial charge in [-0.05, 0) is 38.0 Å². The first-order valence-corrected chi connectivity index (χ1v) is 7.52. The number of nitrogens with zero attached hydrogens (tertiary/aromatic N) is 1. The molecule has 2 aromatic rings. The number of aryl methyl sites for hydroxylation is 1. The van der Waals surface area contributed by atoms with Gasteiger partial charge < -0.3 is 13.9 Å². The van der Waals surface area contributed by atoms with E-state index in [4.69, 9.17) is 13.9 Å². The van der Waals surface area contributed by atoms with Gasteiger partial charge in [0.05, 0.1) is 5.56 Å². The van der Waals surface area contributed by atoms with E-state index in [1.807, 2.05) is 19.1 Å². The summed E-state index contributed by atoms with van der Waals surface area (Å²) >= 11 is 0. The fourth-order valence-corrected chi connectivity index (χ4v) is 2.84. The van der Waals surface area contributed by atoms with Crippen LogP contribution >= 0.6 is 0 Å². The lowest BCUT2D eigenvalue weighted by Gasteiger charge is -2.29. The monoisotopic (exact) mass is 303 g/mol. The smallest absolute Gasteiger partial charge is 0.339 e. The summed E-state index contributed by atoms with van der Waals surface area (Å²) in [5, 5.41) is 0.984. The Bertz CT molecular complexity index is 750. The Labute approximate surface area is 129 Å². The number of methoxy groups -OCH3 is 1. The summed E-state index contributed by atoms with van der Waals surface area (Å²) < 4.78 is 16.5. The summed E-state index contributed by atoms with van der Waals surface area (Å²) in [5.41, 5.74) is 2.99. The Hall–Kier alpha value is -1.85. The van der Waals surface area contributed by atoms with E-state index in [-0.39, 0.29) is 5.63 Å². The first-order valence-electron chi connectivity index (χ1n) is 7.52. The Balaban J connectivity index is 1.99. The van der Waals surface area contributed by atoms with Gasteiger partial charge in [-0.3, -0.25) is 4.90 Å². The second-order valence-electron chi connectivity index (χ2n) is 5.73. The van der Waals surface area contributed by atoms with Crippen LogP contribution in [0.2, 0.25) is 0 Å². The third-order valence-electron chi connectivity index (χ3n) is 4.29. The Kier molecular flexibility index (Phi) is 4.18. The highest BCUT2D eigenvalue weighted by atomic mass is 16.5. The van der Waals surface area contributed by atoms with Crippen LogP contribution in [0.15, 0.2) is 21.3 Å². The minimum absolute atomic E-state index is 0.269. The van der Waals surface area contributed by atoms with Gasteiger partial charge in [0.15, 0.2) is 0 Å². The van der Waals surface area contributed by atoms with Crippen LogP contribution in [0.3, 0.4) is 0 Å². The quantitative estimate of drug-likeness (QED) is 0.642. The minimum Gasteiger partial charge on any atom is -0.478 e. The zero-order valence-corrected chi connectivity index (χ0v) is 13.3. The Morgan fingerprint density at radius 2 is 2.09 bits per heavy atom. The van der Waals surface area contributed by atoms with Crippen LogP contribution < -0.4 is 10.4 Å². The van der Waals surface area contributed by atoms with Crippen molar-refractivity contribution in [2.24, 2.45) is 0 Å². The maximum Gasteiger partial charge on any atom is 0.339 e. The van der Waals surface area contributed by atoms with E-state index < -0.39 is 0 Å². The number of benzene rings is 1. The van der Waals surface area contributed by atoms with Gasteiger partial charge in [0.1, 0.15) is 18.1 Å². The molecule has 0 unspecified atom stereocenters. The number of fused-ring (bicyclic) bond motifs is 3. The van der Waals surface area contributed by atoms with Gasteiger partial charge in [-0.25, -0.2) is 4.79 Å². The third kappa shape index (κ3) is 2.62. The zero-order valence-electron chi connectivity index (χ0n) is 13.3. The van der Waals surface area contributed by atoms with E-state index >= 15 is 0 Å². The molecular weight excluding hydrogens is 282 g/mol. The second-order valence-corrected chi connectivity index (χ2v) is 5.73. The fraction of sp³-hybridized carbons (Fsp3) is 0.471. The molecule has 5 heteroatoms. The molecule has 0 radical (unpaired) electrons. The second kappa shape index (κ2) is 6.10. The average molecular weight is 303 g/mol. The zero-order chi connectivity index (χ0) is 15.7. The maximum atomic E-state index is 12.0. The number of hydrogen-bond donors (Lipinski definition) is 0. The molecule has 5 nitrogen and oxygen atoms in total. The predicted molar refractivity (Wildman–Crippen MR) is 84.4 cm³/mol. The molecule has 3 rings (SSSR count). The molecule has 0 amide bonds. The lowest BCUT2D eigenvalue weighted by molar-refractivity contribution is 0.0837. The summed E-state index contributed by atoms with van der Waals surface area (Å²) in [6.07, 6.45) is 0.946. The molecule has 1 aromatic heterocycles. The van der Waals surface area contributed by atoms with Crippen molar-refractivity contribution in [2.45, 2.75) is 26.8 Å². The summed E-state index contributed by atoms with van der Waals surface area (Å²) in [4.78, 5) is 14.2. The fourth-order valence-electron chi connectivity index (χ4n) is 2.84. The first-order chi connectivity index (χ1) is 10.6. The summed E-state index contributed by atoms with van der Waals surface area (Å²) in [5.74, 6) is 0.807. The van der Waals surface area contributed by atoms with E-state index in [0.29, 0.717) is 17.9 Å². The molecule has 1 aliphatic heterocycles. The maximum absolute atomic E-state index is 12.0. The van der Waals surface area contributed by atoms with Gasteiger partial charge in [0.25, 0.3) is 0 Å². The molecule has 0 saturated heterocycles. The molecule has 0 spiro atoms. The van der Waals surface area contributed by atoms with Gasteiger partial charge in [-0.15, -0.1) is 0 Å². The van der Waals surface area contributed by atoms with Gasteiger partial charge >= 0.3 is 5.63 Å². The van der Waals surface area contributed by atoms with Crippen LogP contribution in [0.5, 0.6) is 5.75 Å². The van der Waals surface area contributed by atoms with Crippen LogP contribution in [0.25, 0.3) is 11.0 Å². The van der Waals surface area contributed by atoms with Crippen molar-refractivity contribution in [3.8, 4) is 5.75 Å². The van der Waals surface area contributed by atoms with Crippen molar-refractivity contribution in [3.63, 3.8) is 0 Å². The van der Waals surface area contributed by atoms with Crippen LogP contribution in [0.1, 0.15) is 23.1 Å². The lowest BCUT2D eigenvalue weighted by atomic mass is 10.0. The van der Waals surface area contributed by atoms with Crippen molar-refractivity contribution in [3.05, 3.63) is 39.2 Å². The molecule has 118 valence electrons. The Morgan fingerprint density at radius 1 is 1.27 bits per heavy atom. The standard InChI is InChI=1S/C17H21NO4/c1-11-12(2)17(19)22-16-13(11)5-6-15-14(16)9-18(10-21-15)7-4-8-20-3/h5-6H,4,7-10H2,1-3H3. The molecule has 0 N–H and O–H groups in total.